The zero-order chi connectivity index (χ0) is 18.1. The Balaban J connectivity index is 2.00. The highest BCUT2D eigenvalue weighted by atomic mass is 35.5. The molecule has 3 unspecified atom stereocenters. The molecule has 1 saturated carbocycles. The molecule has 0 spiro atoms. The van der Waals surface area contributed by atoms with Crippen molar-refractivity contribution < 1.29 is 22.8 Å². The summed E-state index contributed by atoms with van der Waals surface area (Å²) in [5.74, 6) is -1.69. The molecular formula is C16H18ClF3N2O2. The quantitative estimate of drug-likeness (QED) is 0.836. The fraction of sp³-hybridized carbons (Fsp3) is 0.500. The predicted octanol–water partition coefficient (Wildman–Crippen LogP) is 3.85. The van der Waals surface area contributed by atoms with Crippen molar-refractivity contribution in [1.82, 2.24) is 5.32 Å². The van der Waals surface area contributed by atoms with Crippen LogP contribution in [0, 0.1) is 11.8 Å². The van der Waals surface area contributed by atoms with Gasteiger partial charge in [-0.25, -0.2) is 0 Å². The monoisotopic (exact) mass is 362 g/mol. The summed E-state index contributed by atoms with van der Waals surface area (Å²) in [6, 6.07) is 2.73. The summed E-state index contributed by atoms with van der Waals surface area (Å²) in [7, 11) is 0. The molecule has 8 heteroatoms. The fourth-order valence-corrected chi connectivity index (χ4v) is 2.41. The summed E-state index contributed by atoms with van der Waals surface area (Å²) in [4.78, 5) is 24.1. The topological polar surface area (TPSA) is 58.2 Å². The lowest BCUT2D eigenvalue weighted by Gasteiger charge is -2.12. The Morgan fingerprint density at radius 2 is 1.92 bits per heavy atom. The van der Waals surface area contributed by atoms with Crippen LogP contribution >= 0.6 is 11.6 Å². The molecule has 2 rings (SSSR count). The maximum absolute atomic E-state index is 12.7. The van der Waals surface area contributed by atoms with Crippen molar-refractivity contribution in [3.05, 3.63) is 28.8 Å². The maximum atomic E-state index is 12.7. The van der Waals surface area contributed by atoms with Gasteiger partial charge in [-0.3, -0.25) is 9.59 Å². The zero-order valence-corrected chi connectivity index (χ0v) is 14.0. The number of carbonyl (C=O) groups is 2. The minimum absolute atomic E-state index is 0.0117. The number of halogens is 4. The van der Waals surface area contributed by atoms with Crippen molar-refractivity contribution >= 4 is 29.1 Å². The van der Waals surface area contributed by atoms with Gasteiger partial charge in [0.05, 0.1) is 28.1 Å². The van der Waals surface area contributed by atoms with E-state index in [9.17, 15) is 22.8 Å². The van der Waals surface area contributed by atoms with Crippen molar-refractivity contribution in [2.24, 2.45) is 11.8 Å². The lowest BCUT2D eigenvalue weighted by atomic mass is 10.2. The van der Waals surface area contributed by atoms with Gasteiger partial charge in [0, 0.05) is 6.04 Å². The smallest absolute Gasteiger partial charge is 0.353 e. The van der Waals surface area contributed by atoms with E-state index in [-0.39, 0.29) is 22.7 Å². The predicted molar refractivity (Wildman–Crippen MR) is 84.6 cm³/mol. The molecule has 2 N–H and O–H groups in total. The summed E-state index contributed by atoms with van der Waals surface area (Å²) in [6.07, 6.45) is -3.37. The molecule has 2 amide bonds. The van der Waals surface area contributed by atoms with Gasteiger partial charge >= 0.3 is 6.18 Å². The Morgan fingerprint density at radius 3 is 2.50 bits per heavy atom. The SMILES string of the molecule is CCC(C)NC(=O)C1CC1C(=O)Nc1cc(C(F)(F)F)ccc1Cl. The number of hydrogen-bond acceptors (Lipinski definition) is 2. The Hall–Kier alpha value is -1.76. The number of benzene rings is 1. The van der Waals surface area contributed by atoms with Crippen LogP contribution in [0.25, 0.3) is 0 Å². The molecular weight excluding hydrogens is 345 g/mol. The van der Waals surface area contributed by atoms with Gasteiger partial charge in [0.1, 0.15) is 0 Å². The summed E-state index contributed by atoms with van der Waals surface area (Å²) >= 11 is 5.84. The van der Waals surface area contributed by atoms with Crippen molar-refractivity contribution in [2.75, 3.05) is 5.32 Å². The molecule has 0 aliphatic heterocycles. The van der Waals surface area contributed by atoms with E-state index < -0.39 is 29.5 Å². The number of rotatable bonds is 5. The van der Waals surface area contributed by atoms with E-state index in [0.717, 1.165) is 24.6 Å². The number of amides is 2. The normalized spacial score (nSPS) is 21.1. The molecule has 24 heavy (non-hydrogen) atoms. The van der Waals surface area contributed by atoms with E-state index in [2.05, 4.69) is 10.6 Å². The number of alkyl halides is 3. The first-order valence-corrected chi connectivity index (χ1v) is 7.99. The Kier molecular flexibility index (Phi) is 5.42. The fourth-order valence-electron chi connectivity index (χ4n) is 2.25. The van der Waals surface area contributed by atoms with Gasteiger partial charge in [-0.1, -0.05) is 18.5 Å². The summed E-state index contributed by atoms with van der Waals surface area (Å²) in [5.41, 5.74) is -1.01. The average Bonchev–Trinajstić information content (AvgIpc) is 3.28. The minimum atomic E-state index is -4.53. The molecule has 0 aromatic heterocycles. The Labute approximate surface area is 142 Å². The van der Waals surface area contributed by atoms with E-state index in [1.165, 1.54) is 0 Å². The van der Waals surface area contributed by atoms with E-state index in [4.69, 9.17) is 11.6 Å². The van der Waals surface area contributed by atoms with E-state index >= 15 is 0 Å². The second-order valence-electron chi connectivity index (χ2n) is 5.95. The Morgan fingerprint density at radius 1 is 1.29 bits per heavy atom. The summed E-state index contributed by atoms with van der Waals surface area (Å²) in [5, 5.41) is 5.18. The van der Waals surface area contributed by atoms with Gasteiger partial charge in [-0.15, -0.1) is 0 Å². The molecule has 3 atom stereocenters. The third-order valence-corrected chi connectivity index (χ3v) is 4.35. The molecule has 0 bridgehead atoms. The van der Waals surface area contributed by atoms with E-state index in [0.29, 0.717) is 6.42 Å². The maximum Gasteiger partial charge on any atom is 0.416 e. The number of nitrogens with one attached hydrogen (secondary N) is 2. The Bertz CT molecular complexity index is 649. The third kappa shape index (κ3) is 4.41. The van der Waals surface area contributed by atoms with Gasteiger partial charge in [0.25, 0.3) is 0 Å². The minimum Gasteiger partial charge on any atom is -0.353 e. The molecule has 1 aliphatic rings. The highest BCUT2D eigenvalue weighted by Gasteiger charge is 2.48. The van der Waals surface area contributed by atoms with Crippen LogP contribution in [0.1, 0.15) is 32.3 Å². The lowest BCUT2D eigenvalue weighted by molar-refractivity contribution is -0.137. The summed E-state index contributed by atoms with van der Waals surface area (Å²) < 4.78 is 38.2. The molecule has 132 valence electrons. The first kappa shape index (κ1) is 18.6. The second kappa shape index (κ2) is 7.01. The number of anilines is 1. The van der Waals surface area contributed by atoms with Gasteiger partial charge < -0.3 is 10.6 Å². The van der Waals surface area contributed by atoms with Crippen LogP contribution in [-0.2, 0) is 15.8 Å². The highest BCUT2D eigenvalue weighted by molar-refractivity contribution is 6.33. The van der Waals surface area contributed by atoms with Gasteiger partial charge in [0.15, 0.2) is 0 Å². The molecule has 0 heterocycles. The summed E-state index contributed by atoms with van der Waals surface area (Å²) in [6.45, 7) is 3.79. The molecule has 0 saturated heterocycles. The average molecular weight is 363 g/mol. The third-order valence-electron chi connectivity index (χ3n) is 4.02. The van der Waals surface area contributed by atoms with Crippen LogP contribution < -0.4 is 10.6 Å². The van der Waals surface area contributed by atoms with E-state index in [1.807, 2.05) is 13.8 Å². The standard InChI is InChI=1S/C16H18ClF3N2O2/c1-3-8(2)21-14(23)10-7-11(10)15(24)22-13-6-9(16(18,19)20)4-5-12(13)17/h4-6,8,10-11H,3,7H2,1-2H3,(H,21,23)(H,22,24). The van der Waals surface area contributed by atoms with Crippen molar-refractivity contribution in [2.45, 2.75) is 38.9 Å². The van der Waals surface area contributed by atoms with Gasteiger partial charge in [-0.2, -0.15) is 13.2 Å². The highest BCUT2D eigenvalue weighted by Crippen LogP contribution is 2.40. The first-order chi connectivity index (χ1) is 11.1. The molecule has 4 nitrogen and oxygen atoms in total. The zero-order valence-electron chi connectivity index (χ0n) is 13.2. The molecule has 1 fully saturated rings. The molecule has 1 aromatic carbocycles. The lowest BCUT2D eigenvalue weighted by Crippen LogP contribution is -2.34. The van der Waals surface area contributed by atoms with Crippen molar-refractivity contribution in [1.29, 1.82) is 0 Å². The molecule has 1 aromatic rings. The van der Waals surface area contributed by atoms with Crippen LogP contribution in [0.3, 0.4) is 0 Å². The van der Waals surface area contributed by atoms with Crippen LogP contribution in [0.15, 0.2) is 18.2 Å². The van der Waals surface area contributed by atoms with Gasteiger partial charge in [0.2, 0.25) is 11.8 Å². The molecule has 1 aliphatic carbocycles. The molecule has 0 radical (unpaired) electrons. The van der Waals surface area contributed by atoms with E-state index in [1.54, 1.807) is 0 Å². The number of hydrogen-bond donors (Lipinski definition) is 2. The number of carbonyl (C=O) groups excluding carboxylic acids is 2. The van der Waals surface area contributed by atoms with Crippen LogP contribution in [0.4, 0.5) is 18.9 Å². The van der Waals surface area contributed by atoms with Gasteiger partial charge in [-0.05, 0) is 38.0 Å². The second-order valence-corrected chi connectivity index (χ2v) is 6.36. The van der Waals surface area contributed by atoms with Crippen LogP contribution in [0.5, 0.6) is 0 Å². The first-order valence-electron chi connectivity index (χ1n) is 7.61. The van der Waals surface area contributed by atoms with Crippen LogP contribution in [-0.4, -0.2) is 17.9 Å². The van der Waals surface area contributed by atoms with Crippen molar-refractivity contribution in [3.8, 4) is 0 Å². The van der Waals surface area contributed by atoms with Crippen molar-refractivity contribution in [3.63, 3.8) is 0 Å². The largest absolute Gasteiger partial charge is 0.416 e. The van der Waals surface area contributed by atoms with Crippen LogP contribution in [0.2, 0.25) is 5.02 Å².